The van der Waals surface area contributed by atoms with Gasteiger partial charge < -0.3 is 4.90 Å². The van der Waals surface area contributed by atoms with Crippen molar-refractivity contribution in [1.82, 2.24) is 10.9 Å². The zero-order chi connectivity index (χ0) is 14.4. The molecule has 1 amide bonds. The minimum absolute atomic E-state index is 0.212. The largest absolute Gasteiger partial charge is 0.364 e. The molecule has 19 heavy (non-hydrogen) atoms. The number of nitrogens with zero attached hydrogens (tertiary/aromatic N) is 1. The van der Waals surface area contributed by atoms with Gasteiger partial charge in [0.15, 0.2) is 0 Å². The summed E-state index contributed by atoms with van der Waals surface area (Å²) in [5, 5.41) is 0.555. The number of amides is 1. The van der Waals surface area contributed by atoms with Crippen LogP contribution in [0.3, 0.4) is 0 Å². The molecule has 0 aliphatic rings. The Bertz CT molecular complexity index is 460. The lowest BCUT2D eigenvalue weighted by Gasteiger charge is -2.28. The van der Waals surface area contributed by atoms with Gasteiger partial charge in [-0.1, -0.05) is 17.7 Å². The molecule has 0 bridgehead atoms. The summed E-state index contributed by atoms with van der Waals surface area (Å²) >= 11 is 6.27. The summed E-state index contributed by atoms with van der Waals surface area (Å²) in [6, 6.07) is 5.58. The standard InChI is InChI=1S/C14H20ClN3O/c1-5-8-18(10(2)3)13-7-6-11(9-12(13)15)14(19)17-16-4/h5-7,9-10,16H,1,8H2,2-4H3,(H,17,19). The van der Waals surface area contributed by atoms with Crippen LogP contribution in [-0.2, 0) is 0 Å². The van der Waals surface area contributed by atoms with Crippen molar-refractivity contribution >= 4 is 23.2 Å². The summed E-state index contributed by atoms with van der Waals surface area (Å²) in [5.74, 6) is -0.212. The first-order valence-corrected chi connectivity index (χ1v) is 6.53. The van der Waals surface area contributed by atoms with Crippen LogP contribution >= 0.6 is 11.6 Å². The van der Waals surface area contributed by atoms with E-state index in [1.165, 1.54) is 0 Å². The number of hydrogen-bond acceptors (Lipinski definition) is 3. The van der Waals surface area contributed by atoms with Crippen LogP contribution in [0.2, 0.25) is 5.02 Å². The van der Waals surface area contributed by atoms with Gasteiger partial charge in [-0.05, 0) is 32.0 Å². The SMILES string of the molecule is C=CCN(c1ccc(C(=O)NNC)cc1Cl)C(C)C. The number of halogens is 1. The Hall–Kier alpha value is -1.52. The van der Waals surface area contributed by atoms with Crippen molar-refractivity contribution in [2.75, 3.05) is 18.5 Å². The fraction of sp³-hybridized carbons (Fsp3) is 0.357. The summed E-state index contributed by atoms with van der Waals surface area (Å²) < 4.78 is 0. The molecule has 0 unspecified atom stereocenters. The van der Waals surface area contributed by atoms with Crippen LogP contribution in [0, 0.1) is 0 Å². The normalized spacial score (nSPS) is 10.4. The zero-order valence-corrected chi connectivity index (χ0v) is 12.3. The molecule has 0 spiro atoms. The fourth-order valence-electron chi connectivity index (χ4n) is 1.79. The van der Waals surface area contributed by atoms with Crippen LogP contribution in [0.5, 0.6) is 0 Å². The smallest absolute Gasteiger partial charge is 0.265 e. The number of benzene rings is 1. The van der Waals surface area contributed by atoms with Gasteiger partial charge in [-0.25, -0.2) is 5.43 Å². The van der Waals surface area contributed by atoms with E-state index >= 15 is 0 Å². The summed E-state index contributed by atoms with van der Waals surface area (Å²) in [6.45, 7) is 8.63. The second-order valence-corrected chi connectivity index (χ2v) is 4.81. The van der Waals surface area contributed by atoms with E-state index in [2.05, 4.69) is 36.2 Å². The van der Waals surface area contributed by atoms with Crippen LogP contribution in [0.4, 0.5) is 5.69 Å². The molecule has 0 aliphatic carbocycles. The van der Waals surface area contributed by atoms with Gasteiger partial charge in [-0.2, -0.15) is 0 Å². The van der Waals surface area contributed by atoms with Crippen LogP contribution in [0.25, 0.3) is 0 Å². The Kier molecular flexibility index (Phi) is 5.86. The monoisotopic (exact) mass is 281 g/mol. The van der Waals surface area contributed by atoms with Gasteiger partial charge in [0.25, 0.3) is 5.91 Å². The van der Waals surface area contributed by atoms with E-state index in [0.29, 0.717) is 23.2 Å². The maximum atomic E-state index is 11.7. The van der Waals surface area contributed by atoms with Gasteiger partial charge in [0.2, 0.25) is 0 Å². The van der Waals surface area contributed by atoms with E-state index in [4.69, 9.17) is 11.6 Å². The highest BCUT2D eigenvalue weighted by Crippen LogP contribution is 2.28. The third-order valence-electron chi connectivity index (χ3n) is 2.71. The maximum absolute atomic E-state index is 11.7. The third-order valence-corrected chi connectivity index (χ3v) is 3.01. The Morgan fingerprint density at radius 3 is 2.68 bits per heavy atom. The maximum Gasteiger partial charge on any atom is 0.265 e. The van der Waals surface area contributed by atoms with Crippen molar-refractivity contribution in [2.24, 2.45) is 0 Å². The Morgan fingerprint density at radius 2 is 2.21 bits per heavy atom. The average molecular weight is 282 g/mol. The quantitative estimate of drug-likeness (QED) is 0.622. The van der Waals surface area contributed by atoms with Gasteiger partial charge in [0, 0.05) is 25.2 Å². The van der Waals surface area contributed by atoms with Crippen molar-refractivity contribution in [3.63, 3.8) is 0 Å². The van der Waals surface area contributed by atoms with Crippen molar-refractivity contribution in [3.8, 4) is 0 Å². The van der Waals surface area contributed by atoms with Gasteiger partial charge >= 0.3 is 0 Å². The number of hydrazine groups is 1. The van der Waals surface area contributed by atoms with Crippen molar-refractivity contribution in [1.29, 1.82) is 0 Å². The minimum Gasteiger partial charge on any atom is -0.364 e. The lowest BCUT2D eigenvalue weighted by molar-refractivity contribution is 0.0938. The molecule has 0 saturated heterocycles. The van der Waals surface area contributed by atoms with E-state index in [1.807, 2.05) is 12.1 Å². The Balaban J connectivity index is 3.04. The molecular weight excluding hydrogens is 262 g/mol. The van der Waals surface area contributed by atoms with Crippen molar-refractivity contribution < 1.29 is 4.79 Å². The molecule has 0 fully saturated rings. The molecule has 1 aromatic carbocycles. The highest BCUT2D eigenvalue weighted by atomic mass is 35.5. The highest BCUT2D eigenvalue weighted by molar-refractivity contribution is 6.33. The van der Waals surface area contributed by atoms with E-state index in [-0.39, 0.29) is 5.91 Å². The highest BCUT2D eigenvalue weighted by Gasteiger charge is 2.14. The van der Waals surface area contributed by atoms with Crippen LogP contribution < -0.4 is 15.8 Å². The van der Waals surface area contributed by atoms with Gasteiger partial charge in [0.1, 0.15) is 0 Å². The summed E-state index contributed by atoms with van der Waals surface area (Å²) in [6.07, 6.45) is 1.83. The van der Waals surface area contributed by atoms with Crippen LogP contribution in [0.15, 0.2) is 30.9 Å². The van der Waals surface area contributed by atoms with Gasteiger partial charge in [0.05, 0.1) is 10.7 Å². The van der Waals surface area contributed by atoms with E-state index in [1.54, 1.807) is 19.2 Å². The summed E-state index contributed by atoms with van der Waals surface area (Å²) in [7, 11) is 1.64. The first-order valence-electron chi connectivity index (χ1n) is 6.15. The van der Waals surface area contributed by atoms with Crippen molar-refractivity contribution in [3.05, 3.63) is 41.4 Å². The molecule has 1 aromatic rings. The first kappa shape index (κ1) is 15.5. The van der Waals surface area contributed by atoms with Crippen LogP contribution in [-0.4, -0.2) is 25.5 Å². The van der Waals surface area contributed by atoms with Gasteiger partial charge in [-0.15, -0.1) is 6.58 Å². The number of nitrogens with one attached hydrogen (secondary N) is 2. The number of carbonyl (C=O) groups excluding carboxylic acids is 1. The molecule has 104 valence electrons. The molecule has 0 saturated carbocycles. The number of rotatable bonds is 6. The van der Waals surface area contributed by atoms with Gasteiger partial charge in [-0.3, -0.25) is 10.2 Å². The molecule has 4 nitrogen and oxygen atoms in total. The van der Waals surface area contributed by atoms with E-state index in [9.17, 15) is 4.79 Å². The molecule has 0 heterocycles. The molecule has 0 aromatic heterocycles. The second-order valence-electron chi connectivity index (χ2n) is 4.41. The first-order chi connectivity index (χ1) is 9.01. The lowest BCUT2D eigenvalue weighted by atomic mass is 10.1. The molecule has 1 rings (SSSR count). The molecule has 0 atom stereocenters. The summed E-state index contributed by atoms with van der Waals surface area (Å²) in [5.41, 5.74) is 6.52. The zero-order valence-electron chi connectivity index (χ0n) is 11.5. The average Bonchev–Trinajstić information content (AvgIpc) is 2.36. The Labute approximate surface area is 119 Å². The number of hydrogen-bond donors (Lipinski definition) is 2. The number of carbonyl (C=O) groups is 1. The predicted octanol–water partition coefficient (Wildman–Crippen LogP) is 2.61. The fourth-order valence-corrected chi connectivity index (χ4v) is 2.08. The molecule has 0 aliphatic heterocycles. The van der Waals surface area contributed by atoms with E-state index in [0.717, 1.165) is 5.69 Å². The topological polar surface area (TPSA) is 44.4 Å². The van der Waals surface area contributed by atoms with Crippen molar-refractivity contribution in [2.45, 2.75) is 19.9 Å². The summed E-state index contributed by atoms with van der Waals surface area (Å²) in [4.78, 5) is 13.8. The predicted molar refractivity (Wildman–Crippen MR) is 80.7 cm³/mol. The molecular formula is C14H20ClN3O. The van der Waals surface area contributed by atoms with E-state index < -0.39 is 0 Å². The third kappa shape index (κ3) is 3.98. The van der Waals surface area contributed by atoms with Crippen LogP contribution in [0.1, 0.15) is 24.2 Å². The molecule has 0 radical (unpaired) electrons. The Morgan fingerprint density at radius 1 is 1.53 bits per heavy atom. The molecule has 5 heteroatoms. The number of anilines is 1. The minimum atomic E-state index is -0.212. The second kappa shape index (κ2) is 7.16. The molecule has 2 N–H and O–H groups in total. The lowest BCUT2D eigenvalue weighted by Crippen LogP contribution is -2.34.